The first kappa shape index (κ1) is 11.8. The summed E-state index contributed by atoms with van der Waals surface area (Å²) in [6, 6.07) is 4.00. The average molecular weight is 245 g/mol. The van der Waals surface area contributed by atoms with E-state index >= 15 is 0 Å². The van der Waals surface area contributed by atoms with Gasteiger partial charge in [-0.1, -0.05) is 6.07 Å². The van der Waals surface area contributed by atoms with Crippen LogP contribution in [0.2, 0.25) is 0 Å². The van der Waals surface area contributed by atoms with Gasteiger partial charge in [-0.3, -0.25) is 0 Å². The molecule has 0 nitrogen and oxygen atoms in total. The van der Waals surface area contributed by atoms with Gasteiger partial charge in [0.25, 0.3) is 0 Å². The van der Waals surface area contributed by atoms with Crippen LogP contribution in [-0.4, -0.2) is 5.38 Å². The van der Waals surface area contributed by atoms with Crippen molar-refractivity contribution in [2.75, 3.05) is 0 Å². The van der Waals surface area contributed by atoms with E-state index in [1.807, 2.05) is 0 Å². The molecule has 0 amide bonds. The predicted molar refractivity (Wildman–Crippen MR) is 61.7 cm³/mol. The molecule has 88 valence electrons. The Labute approximate surface area is 99.6 Å². The van der Waals surface area contributed by atoms with Crippen molar-refractivity contribution < 1.29 is 8.78 Å². The van der Waals surface area contributed by atoms with Crippen LogP contribution >= 0.6 is 11.6 Å². The molecular formula is C13H15ClF2. The highest BCUT2D eigenvalue weighted by molar-refractivity contribution is 6.20. The highest BCUT2D eigenvalue weighted by Crippen LogP contribution is 2.37. The molecule has 0 bridgehead atoms. The summed E-state index contributed by atoms with van der Waals surface area (Å²) in [5.74, 6) is -0.248. The highest BCUT2D eigenvalue weighted by atomic mass is 35.5. The topological polar surface area (TPSA) is 0 Å². The lowest BCUT2D eigenvalue weighted by atomic mass is 10.0. The molecule has 3 heteroatoms. The summed E-state index contributed by atoms with van der Waals surface area (Å²) >= 11 is 6.14. The Hall–Kier alpha value is -0.630. The molecule has 0 aliphatic heterocycles. The molecule has 1 aromatic carbocycles. The van der Waals surface area contributed by atoms with E-state index < -0.39 is 11.6 Å². The molecule has 1 aliphatic carbocycles. The smallest absolute Gasteiger partial charge is 0.129 e. The van der Waals surface area contributed by atoms with Gasteiger partial charge in [0.2, 0.25) is 0 Å². The number of hydrogen-bond donors (Lipinski definition) is 0. The third kappa shape index (κ3) is 2.94. The van der Waals surface area contributed by atoms with Crippen molar-refractivity contribution >= 4 is 11.6 Å². The monoisotopic (exact) mass is 244 g/mol. The SMILES string of the molecule is Fc1cccc(F)c1CCCC(Cl)C1CC1. The summed E-state index contributed by atoms with van der Waals surface area (Å²) in [4.78, 5) is 0. The lowest BCUT2D eigenvalue weighted by Crippen LogP contribution is -2.03. The molecular weight excluding hydrogens is 230 g/mol. The third-order valence-electron chi connectivity index (χ3n) is 3.10. The fraction of sp³-hybridized carbons (Fsp3) is 0.538. The number of rotatable bonds is 5. The molecule has 2 rings (SSSR count). The van der Waals surface area contributed by atoms with E-state index in [0.29, 0.717) is 12.3 Å². The quantitative estimate of drug-likeness (QED) is 0.678. The highest BCUT2D eigenvalue weighted by Gasteiger charge is 2.29. The van der Waals surface area contributed by atoms with Crippen LogP contribution in [-0.2, 0) is 6.42 Å². The first-order chi connectivity index (χ1) is 7.68. The Bertz CT molecular complexity index is 341. The molecule has 0 N–H and O–H groups in total. The Kier molecular flexibility index (Phi) is 3.80. The first-order valence-electron chi connectivity index (χ1n) is 5.75. The van der Waals surface area contributed by atoms with E-state index in [-0.39, 0.29) is 10.9 Å². The average Bonchev–Trinajstić information content (AvgIpc) is 3.05. The van der Waals surface area contributed by atoms with Gasteiger partial charge in [0.05, 0.1) is 0 Å². The zero-order chi connectivity index (χ0) is 11.5. The minimum atomic E-state index is -0.447. The van der Waals surface area contributed by atoms with E-state index in [2.05, 4.69) is 0 Å². The van der Waals surface area contributed by atoms with Crippen molar-refractivity contribution in [2.24, 2.45) is 5.92 Å². The molecule has 1 unspecified atom stereocenters. The van der Waals surface area contributed by atoms with Crippen LogP contribution in [0.3, 0.4) is 0 Å². The Morgan fingerprint density at radius 2 is 1.88 bits per heavy atom. The minimum absolute atomic E-state index is 0.190. The summed E-state index contributed by atoms with van der Waals surface area (Å²) in [5, 5.41) is 0.190. The Morgan fingerprint density at radius 1 is 1.25 bits per heavy atom. The lowest BCUT2D eigenvalue weighted by Gasteiger charge is -2.08. The van der Waals surface area contributed by atoms with Gasteiger partial charge in [-0.15, -0.1) is 11.6 Å². The van der Waals surface area contributed by atoms with Gasteiger partial charge in [0.15, 0.2) is 0 Å². The standard InChI is InChI=1S/C13H15ClF2/c14-11(9-7-8-9)4-1-3-10-12(15)5-2-6-13(10)16/h2,5-6,9,11H,1,3-4,7-8H2. The van der Waals surface area contributed by atoms with Crippen molar-refractivity contribution in [3.05, 3.63) is 35.4 Å². The maximum absolute atomic E-state index is 13.3. The van der Waals surface area contributed by atoms with Gasteiger partial charge in [-0.2, -0.15) is 0 Å². The lowest BCUT2D eigenvalue weighted by molar-refractivity contribution is 0.541. The zero-order valence-electron chi connectivity index (χ0n) is 9.06. The summed E-state index contributed by atoms with van der Waals surface area (Å²) in [6.07, 6.45) is 4.46. The van der Waals surface area contributed by atoms with E-state index in [9.17, 15) is 8.78 Å². The van der Waals surface area contributed by atoms with Gasteiger partial charge in [0, 0.05) is 10.9 Å². The minimum Gasteiger partial charge on any atom is -0.207 e. The summed E-state index contributed by atoms with van der Waals surface area (Å²) < 4.78 is 26.5. The van der Waals surface area contributed by atoms with Gasteiger partial charge in [-0.25, -0.2) is 8.78 Å². The zero-order valence-corrected chi connectivity index (χ0v) is 9.81. The Morgan fingerprint density at radius 3 is 2.44 bits per heavy atom. The van der Waals surface area contributed by atoms with Crippen LogP contribution in [0.5, 0.6) is 0 Å². The number of halogens is 3. The first-order valence-corrected chi connectivity index (χ1v) is 6.19. The van der Waals surface area contributed by atoms with Gasteiger partial charge in [0.1, 0.15) is 11.6 Å². The summed E-state index contributed by atoms with van der Waals surface area (Å²) in [6.45, 7) is 0. The molecule has 1 saturated carbocycles. The third-order valence-corrected chi connectivity index (χ3v) is 3.68. The fourth-order valence-electron chi connectivity index (χ4n) is 1.94. The van der Waals surface area contributed by atoms with Crippen LogP contribution in [0.4, 0.5) is 8.78 Å². The van der Waals surface area contributed by atoms with Crippen LogP contribution < -0.4 is 0 Å². The second-order valence-electron chi connectivity index (χ2n) is 4.45. The largest absolute Gasteiger partial charge is 0.207 e. The summed E-state index contributed by atoms with van der Waals surface area (Å²) in [5.41, 5.74) is 0.196. The Balaban J connectivity index is 1.84. The molecule has 0 spiro atoms. The molecule has 1 aromatic rings. The number of alkyl halides is 1. The molecule has 1 aliphatic rings. The maximum atomic E-state index is 13.3. The molecule has 0 aromatic heterocycles. The van der Waals surface area contributed by atoms with Crippen LogP contribution in [0.25, 0.3) is 0 Å². The summed E-state index contributed by atoms with van der Waals surface area (Å²) in [7, 11) is 0. The van der Waals surface area contributed by atoms with E-state index in [1.54, 1.807) is 0 Å². The van der Waals surface area contributed by atoms with Gasteiger partial charge in [-0.05, 0) is 50.2 Å². The second kappa shape index (κ2) is 5.13. The fourth-order valence-corrected chi connectivity index (χ4v) is 2.34. The van der Waals surface area contributed by atoms with Crippen molar-refractivity contribution in [1.29, 1.82) is 0 Å². The molecule has 16 heavy (non-hydrogen) atoms. The molecule has 0 heterocycles. The van der Waals surface area contributed by atoms with Crippen molar-refractivity contribution in [2.45, 2.75) is 37.5 Å². The van der Waals surface area contributed by atoms with Gasteiger partial charge < -0.3 is 0 Å². The number of benzene rings is 1. The number of hydrogen-bond acceptors (Lipinski definition) is 0. The molecule has 0 radical (unpaired) electrons. The predicted octanol–water partition coefficient (Wildman–Crippen LogP) is 4.30. The maximum Gasteiger partial charge on any atom is 0.129 e. The van der Waals surface area contributed by atoms with Crippen molar-refractivity contribution in [3.63, 3.8) is 0 Å². The molecule has 0 saturated heterocycles. The molecule has 1 atom stereocenters. The van der Waals surface area contributed by atoms with Crippen LogP contribution in [0.1, 0.15) is 31.2 Å². The second-order valence-corrected chi connectivity index (χ2v) is 5.01. The van der Waals surface area contributed by atoms with E-state index in [1.165, 1.54) is 31.0 Å². The normalized spacial score (nSPS) is 17.4. The van der Waals surface area contributed by atoms with Crippen molar-refractivity contribution in [1.82, 2.24) is 0 Å². The van der Waals surface area contributed by atoms with Crippen LogP contribution in [0, 0.1) is 17.6 Å². The van der Waals surface area contributed by atoms with Crippen LogP contribution in [0.15, 0.2) is 18.2 Å². The van der Waals surface area contributed by atoms with E-state index in [4.69, 9.17) is 11.6 Å². The van der Waals surface area contributed by atoms with Crippen molar-refractivity contribution in [3.8, 4) is 0 Å². The van der Waals surface area contributed by atoms with E-state index in [0.717, 1.165) is 12.8 Å². The van der Waals surface area contributed by atoms with Gasteiger partial charge >= 0.3 is 0 Å². The molecule has 1 fully saturated rings.